The number of halogens is 1. The van der Waals surface area contributed by atoms with Gasteiger partial charge in [0, 0.05) is 17.7 Å². The number of nitrogens with zero attached hydrogens (tertiary/aromatic N) is 1. The molecule has 0 aromatic rings. The van der Waals surface area contributed by atoms with Crippen molar-refractivity contribution in [2.75, 3.05) is 13.1 Å². The SMILES string of the molecule is O=[N+]1CCCCC1.[O-][Cl+3]([O-])([O-])[O-]. The van der Waals surface area contributed by atoms with Crippen molar-refractivity contribution in [1.29, 1.82) is 0 Å². The van der Waals surface area contributed by atoms with E-state index in [0.29, 0.717) is 0 Å². The molecule has 0 spiro atoms. The predicted molar refractivity (Wildman–Crippen MR) is 27.2 cm³/mol. The molecule has 6 nitrogen and oxygen atoms in total. The smallest absolute Gasteiger partial charge is 0.192 e. The lowest BCUT2D eigenvalue weighted by Crippen LogP contribution is -2.68. The lowest BCUT2D eigenvalue weighted by atomic mass is 10.2. The third kappa shape index (κ3) is 12.4. The van der Waals surface area contributed by atoms with E-state index >= 15 is 0 Å². The molecule has 1 aliphatic heterocycles. The molecule has 1 rings (SSSR count). The zero-order valence-electron chi connectivity index (χ0n) is 6.40. The third-order valence-corrected chi connectivity index (χ3v) is 1.32. The van der Waals surface area contributed by atoms with E-state index in [4.69, 9.17) is 18.6 Å². The highest BCUT2D eigenvalue weighted by Gasteiger charge is 2.12. The minimum atomic E-state index is -4.94. The molecule has 0 bridgehead atoms. The van der Waals surface area contributed by atoms with E-state index < -0.39 is 10.2 Å². The summed E-state index contributed by atoms with van der Waals surface area (Å²) in [6.07, 6.45) is 3.45. The molecule has 1 heterocycles. The topological polar surface area (TPSA) is 112 Å². The maximum Gasteiger partial charge on any atom is 0.192 e. The van der Waals surface area contributed by atoms with Gasteiger partial charge in [-0.25, -0.2) is 18.6 Å². The monoisotopic (exact) mass is 199 g/mol. The van der Waals surface area contributed by atoms with Gasteiger partial charge in [-0.15, -0.1) is 10.2 Å². The molecular weight excluding hydrogens is 190 g/mol. The Morgan fingerprint density at radius 3 is 1.42 bits per heavy atom. The highest BCUT2D eigenvalue weighted by molar-refractivity contribution is 4.43. The van der Waals surface area contributed by atoms with Gasteiger partial charge < -0.3 is 0 Å². The van der Waals surface area contributed by atoms with Crippen LogP contribution in [0.2, 0.25) is 0 Å². The van der Waals surface area contributed by atoms with E-state index in [9.17, 15) is 4.91 Å². The standard InChI is InChI=1S/C5H10NO.ClHO4/c7-6-4-2-1-3-5-6;2-1(3,4)5/h1-5H2;(H,2,3,4,5)/q+1;/p-1. The van der Waals surface area contributed by atoms with Crippen molar-refractivity contribution in [3.05, 3.63) is 4.91 Å². The highest BCUT2D eigenvalue weighted by atomic mass is 35.7. The first-order valence-corrected chi connectivity index (χ1v) is 4.67. The Kier molecular flexibility index (Phi) is 5.27. The van der Waals surface area contributed by atoms with Gasteiger partial charge in [0.05, 0.1) is 0 Å². The molecule has 0 saturated carbocycles. The van der Waals surface area contributed by atoms with Crippen LogP contribution < -0.4 is 18.6 Å². The van der Waals surface area contributed by atoms with Gasteiger partial charge in [-0.05, 0) is 11.2 Å². The Morgan fingerprint density at radius 1 is 0.917 bits per heavy atom. The van der Waals surface area contributed by atoms with Crippen LogP contribution in [0.5, 0.6) is 0 Å². The summed E-state index contributed by atoms with van der Waals surface area (Å²) in [6.45, 7) is 1.53. The van der Waals surface area contributed by atoms with Crippen molar-refractivity contribution in [3.8, 4) is 0 Å². The van der Waals surface area contributed by atoms with Gasteiger partial charge in [-0.2, -0.15) is 0 Å². The molecule has 0 aromatic carbocycles. The van der Waals surface area contributed by atoms with Crippen molar-refractivity contribution >= 4 is 0 Å². The Hall–Kier alpha value is -0.270. The van der Waals surface area contributed by atoms with Crippen molar-refractivity contribution < 1.29 is 33.6 Å². The predicted octanol–water partition coefficient (Wildman–Crippen LogP) is -3.81. The summed E-state index contributed by atoms with van der Waals surface area (Å²) in [5, 5.41) is 0. The fourth-order valence-electron chi connectivity index (χ4n) is 0.865. The molecule has 0 atom stereocenters. The zero-order valence-corrected chi connectivity index (χ0v) is 7.16. The molecule has 0 radical (unpaired) electrons. The maximum atomic E-state index is 10.4. The Bertz CT molecular complexity index is 131. The van der Waals surface area contributed by atoms with E-state index in [2.05, 4.69) is 0 Å². The Morgan fingerprint density at radius 2 is 1.25 bits per heavy atom. The van der Waals surface area contributed by atoms with Gasteiger partial charge in [-0.1, -0.05) is 0 Å². The average molecular weight is 200 g/mol. The summed E-state index contributed by atoms with van der Waals surface area (Å²) in [7, 11) is -4.94. The highest BCUT2D eigenvalue weighted by Crippen LogP contribution is 2.01. The van der Waals surface area contributed by atoms with Crippen molar-refractivity contribution in [2.24, 2.45) is 0 Å². The second-order valence-electron chi connectivity index (χ2n) is 2.37. The van der Waals surface area contributed by atoms with Crippen LogP contribution in [0.4, 0.5) is 0 Å². The molecule has 0 unspecified atom stereocenters. The lowest BCUT2D eigenvalue weighted by molar-refractivity contribution is -2.00. The van der Waals surface area contributed by atoms with Crippen LogP contribution in [0, 0.1) is 15.2 Å². The van der Waals surface area contributed by atoms with Crippen molar-refractivity contribution in [1.82, 2.24) is 0 Å². The quantitative estimate of drug-likeness (QED) is 0.371. The van der Waals surface area contributed by atoms with Gasteiger partial charge in [-0.3, -0.25) is 0 Å². The van der Waals surface area contributed by atoms with Gasteiger partial charge in [0.2, 0.25) is 0 Å². The molecule has 12 heavy (non-hydrogen) atoms. The minimum absolute atomic E-state index is 0.764. The summed E-state index contributed by atoms with van der Waals surface area (Å²) in [6, 6.07) is 0. The molecule has 1 fully saturated rings. The molecule has 1 aliphatic rings. The molecule has 0 amide bonds. The molecule has 0 N–H and O–H groups in total. The van der Waals surface area contributed by atoms with Crippen LogP contribution in [0.1, 0.15) is 19.3 Å². The van der Waals surface area contributed by atoms with Crippen molar-refractivity contribution in [2.45, 2.75) is 19.3 Å². The largest absolute Gasteiger partial charge is 0.222 e. The van der Waals surface area contributed by atoms with Gasteiger partial charge in [0.1, 0.15) is 0 Å². The van der Waals surface area contributed by atoms with E-state index in [1.54, 1.807) is 0 Å². The Labute approximate surface area is 71.7 Å². The summed E-state index contributed by atoms with van der Waals surface area (Å²) in [5.74, 6) is 0. The molecule has 1 saturated heterocycles. The third-order valence-electron chi connectivity index (χ3n) is 1.32. The lowest BCUT2D eigenvalue weighted by Gasteiger charge is -2.17. The fourth-order valence-corrected chi connectivity index (χ4v) is 0.865. The fraction of sp³-hybridized carbons (Fsp3) is 1.00. The van der Waals surface area contributed by atoms with Crippen LogP contribution >= 0.6 is 0 Å². The number of nitroso groups, excluding NO2 is 1. The Balaban J connectivity index is 0.000000217. The first-order valence-electron chi connectivity index (χ1n) is 3.43. The average Bonchev–Trinajstić information content (AvgIpc) is 1.85. The number of hydrogen-bond donors (Lipinski definition) is 0. The molecular formula is C5H10ClNO5. The number of hydrogen-bond acceptors (Lipinski definition) is 5. The summed E-state index contributed by atoms with van der Waals surface area (Å²) >= 11 is 0. The summed E-state index contributed by atoms with van der Waals surface area (Å²) in [4.78, 5) is 10.4. The number of rotatable bonds is 0. The van der Waals surface area contributed by atoms with Crippen LogP contribution in [0.15, 0.2) is 0 Å². The second-order valence-corrected chi connectivity index (χ2v) is 3.12. The zero-order chi connectivity index (χ0) is 9.61. The van der Waals surface area contributed by atoms with Gasteiger partial charge >= 0.3 is 0 Å². The van der Waals surface area contributed by atoms with E-state index in [1.165, 1.54) is 6.42 Å². The molecule has 72 valence electrons. The molecule has 0 aromatic heterocycles. The van der Waals surface area contributed by atoms with Crippen LogP contribution in [0.25, 0.3) is 0 Å². The van der Waals surface area contributed by atoms with E-state index in [1.807, 2.05) is 0 Å². The normalized spacial score (nSPS) is 18.2. The van der Waals surface area contributed by atoms with Gasteiger partial charge in [0.15, 0.2) is 13.1 Å². The van der Waals surface area contributed by atoms with Crippen LogP contribution in [-0.4, -0.2) is 17.8 Å². The molecule has 7 heteroatoms. The summed E-state index contributed by atoms with van der Waals surface area (Å²) in [5.41, 5.74) is 0. The van der Waals surface area contributed by atoms with Gasteiger partial charge in [0.25, 0.3) is 0 Å². The minimum Gasteiger partial charge on any atom is -0.222 e. The first kappa shape index (κ1) is 11.7. The first-order chi connectivity index (χ1) is 5.39. The molecule has 0 aliphatic carbocycles. The number of piperidine rings is 1. The second kappa shape index (κ2) is 5.39. The van der Waals surface area contributed by atoms with Crippen molar-refractivity contribution in [3.63, 3.8) is 0 Å². The van der Waals surface area contributed by atoms with Crippen LogP contribution in [-0.2, 0) is 0 Å². The van der Waals surface area contributed by atoms with Crippen LogP contribution in [0.3, 0.4) is 0 Å². The maximum absolute atomic E-state index is 10.4. The summed E-state index contributed by atoms with van der Waals surface area (Å²) < 4.78 is 35.1. The van der Waals surface area contributed by atoms with E-state index in [0.717, 1.165) is 30.7 Å². The van der Waals surface area contributed by atoms with E-state index in [-0.39, 0.29) is 0 Å².